The molecule has 0 aliphatic carbocycles. The van der Waals surface area contributed by atoms with Gasteiger partial charge in [-0.2, -0.15) is 0 Å². The van der Waals surface area contributed by atoms with Crippen molar-refractivity contribution in [1.82, 2.24) is 9.80 Å². The Balaban J connectivity index is 1.76. The summed E-state index contributed by atoms with van der Waals surface area (Å²) in [5.74, 6) is 0.132. The third kappa shape index (κ3) is 9.53. The van der Waals surface area contributed by atoms with Crippen LogP contribution < -0.4 is 5.14 Å². The highest BCUT2D eigenvalue weighted by molar-refractivity contribution is 7.89. The largest absolute Gasteiger partial charge is 0.337 e. The van der Waals surface area contributed by atoms with Gasteiger partial charge in [0.1, 0.15) is 0 Å². The molecule has 206 valence electrons. The number of rotatable bonds is 16. The molecule has 3 rings (SSSR count). The van der Waals surface area contributed by atoms with Gasteiger partial charge < -0.3 is 4.90 Å². The lowest BCUT2D eigenvalue weighted by molar-refractivity contribution is -0.133. The molecule has 2 N–H and O–H groups in total. The number of sulfonamides is 1. The number of primary sulfonamides is 1. The van der Waals surface area contributed by atoms with Crippen LogP contribution in [0.25, 0.3) is 10.8 Å². The molecule has 0 bridgehead atoms. The second kappa shape index (κ2) is 15.0. The van der Waals surface area contributed by atoms with Crippen molar-refractivity contribution < 1.29 is 13.2 Å². The number of hydrogen-bond acceptors (Lipinski definition) is 4. The van der Waals surface area contributed by atoms with Gasteiger partial charge in [-0.05, 0) is 72.5 Å². The molecule has 0 radical (unpaired) electrons. The number of nitrogens with zero attached hydrogens (tertiary/aromatic N) is 2. The SMILES string of the molecule is CCCCCN(CCCCC)CC(=O)N(CCc1ccc(S(N)(=O)=O)cc1)Cc1ccc2ccccc2c1. The molecule has 0 fully saturated rings. The molecule has 6 nitrogen and oxygen atoms in total. The van der Waals surface area contributed by atoms with E-state index in [1.807, 2.05) is 17.0 Å². The van der Waals surface area contributed by atoms with E-state index in [2.05, 4.69) is 49.1 Å². The first-order valence-corrected chi connectivity index (χ1v) is 15.4. The Morgan fingerprint density at radius 1 is 0.763 bits per heavy atom. The minimum atomic E-state index is -3.73. The first-order chi connectivity index (χ1) is 18.3. The number of nitrogens with two attached hydrogens (primary N) is 1. The van der Waals surface area contributed by atoms with Crippen LogP contribution in [0.15, 0.2) is 71.6 Å². The molecule has 7 heteroatoms. The summed E-state index contributed by atoms with van der Waals surface area (Å²) in [6.45, 7) is 7.81. The predicted octanol–water partition coefficient (Wildman–Crippen LogP) is 5.74. The normalized spacial score (nSPS) is 11.8. The van der Waals surface area contributed by atoms with Crippen molar-refractivity contribution in [2.24, 2.45) is 5.14 Å². The van der Waals surface area contributed by atoms with E-state index >= 15 is 0 Å². The Morgan fingerprint density at radius 3 is 1.97 bits per heavy atom. The van der Waals surface area contributed by atoms with Gasteiger partial charge in [0.25, 0.3) is 0 Å². The number of amides is 1. The van der Waals surface area contributed by atoms with Gasteiger partial charge in [0, 0.05) is 13.1 Å². The minimum Gasteiger partial charge on any atom is -0.337 e. The number of hydrogen-bond donors (Lipinski definition) is 1. The van der Waals surface area contributed by atoms with Gasteiger partial charge in [-0.25, -0.2) is 13.6 Å². The second-order valence-corrected chi connectivity index (χ2v) is 11.7. The van der Waals surface area contributed by atoms with E-state index in [0.717, 1.165) is 55.3 Å². The maximum absolute atomic E-state index is 13.7. The molecule has 0 saturated heterocycles. The number of fused-ring (bicyclic) bond motifs is 1. The van der Waals surface area contributed by atoms with Gasteiger partial charge in [0.2, 0.25) is 15.9 Å². The van der Waals surface area contributed by atoms with Gasteiger partial charge in [0.15, 0.2) is 0 Å². The van der Waals surface area contributed by atoms with E-state index < -0.39 is 10.0 Å². The fraction of sp³-hybridized carbons (Fsp3) is 0.452. The summed E-state index contributed by atoms with van der Waals surface area (Å²) in [5.41, 5.74) is 2.07. The Bertz CT molecular complexity index is 1250. The van der Waals surface area contributed by atoms with Crippen LogP contribution in [0, 0.1) is 0 Å². The predicted molar refractivity (Wildman–Crippen MR) is 156 cm³/mol. The van der Waals surface area contributed by atoms with E-state index in [0.29, 0.717) is 26.1 Å². The van der Waals surface area contributed by atoms with Crippen LogP contribution in [-0.4, -0.2) is 50.3 Å². The van der Waals surface area contributed by atoms with E-state index in [4.69, 9.17) is 5.14 Å². The number of carbonyl (C=O) groups excluding carboxylic acids is 1. The summed E-state index contributed by atoms with van der Waals surface area (Å²) in [6, 6.07) is 21.3. The lowest BCUT2D eigenvalue weighted by Gasteiger charge is -2.28. The van der Waals surface area contributed by atoms with Crippen molar-refractivity contribution in [3.8, 4) is 0 Å². The molecule has 0 atom stereocenters. The summed E-state index contributed by atoms with van der Waals surface area (Å²) in [4.78, 5) is 18.0. The molecule has 3 aromatic rings. The van der Waals surface area contributed by atoms with Crippen LogP contribution in [0.1, 0.15) is 63.5 Å². The third-order valence-electron chi connectivity index (χ3n) is 6.98. The Hall–Kier alpha value is -2.74. The molecule has 0 saturated carbocycles. The van der Waals surface area contributed by atoms with Crippen molar-refractivity contribution in [3.05, 3.63) is 77.9 Å². The molecule has 38 heavy (non-hydrogen) atoms. The highest BCUT2D eigenvalue weighted by Gasteiger charge is 2.18. The lowest BCUT2D eigenvalue weighted by atomic mass is 10.1. The fourth-order valence-electron chi connectivity index (χ4n) is 4.69. The monoisotopic (exact) mass is 537 g/mol. The van der Waals surface area contributed by atoms with Crippen LogP contribution in [0.3, 0.4) is 0 Å². The van der Waals surface area contributed by atoms with Crippen molar-refractivity contribution >= 4 is 26.7 Å². The van der Waals surface area contributed by atoms with Crippen LogP contribution in [0.4, 0.5) is 0 Å². The zero-order valence-electron chi connectivity index (χ0n) is 22.9. The van der Waals surface area contributed by atoms with Crippen molar-refractivity contribution in [3.63, 3.8) is 0 Å². The van der Waals surface area contributed by atoms with E-state index in [1.54, 1.807) is 12.1 Å². The van der Waals surface area contributed by atoms with E-state index in [1.165, 1.54) is 30.4 Å². The maximum Gasteiger partial charge on any atom is 0.238 e. The highest BCUT2D eigenvalue weighted by Crippen LogP contribution is 2.18. The Kier molecular flexibility index (Phi) is 11.8. The average Bonchev–Trinajstić information content (AvgIpc) is 2.90. The summed E-state index contributed by atoms with van der Waals surface area (Å²) in [6.07, 6.45) is 7.52. The van der Waals surface area contributed by atoms with Crippen molar-refractivity contribution in [2.45, 2.75) is 70.2 Å². The molecule has 0 spiro atoms. The summed E-state index contributed by atoms with van der Waals surface area (Å²) in [7, 11) is -3.73. The first kappa shape index (κ1) is 29.8. The second-order valence-electron chi connectivity index (χ2n) is 10.1. The van der Waals surface area contributed by atoms with Gasteiger partial charge in [-0.15, -0.1) is 0 Å². The van der Waals surface area contributed by atoms with Crippen LogP contribution in [-0.2, 0) is 27.8 Å². The van der Waals surface area contributed by atoms with Gasteiger partial charge in [-0.1, -0.05) is 88.1 Å². The summed E-state index contributed by atoms with van der Waals surface area (Å²) >= 11 is 0. The fourth-order valence-corrected chi connectivity index (χ4v) is 5.21. The van der Waals surface area contributed by atoms with Crippen LogP contribution in [0.5, 0.6) is 0 Å². The zero-order valence-corrected chi connectivity index (χ0v) is 23.8. The van der Waals surface area contributed by atoms with Gasteiger partial charge >= 0.3 is 0 Å². The summed E-state index contributed by atoms with van der Waals surface area (Å²) in [5, 5.41) is 7.59. The smallest absolute Gasteiger partial charge is 0.238 e. The van der Waals surface area contributed by atoms with Crippen molar-refractivity contribution in [2.75, 3.05) is 26.2 Å². The van der Waals surface area contributed by atoms with Crippen molar-refractivity contribution in [1.29, 1.82) is 0 Å². The Labute approximate surface area is 228 Å². The number of benzene rings is 3. The molecule has 3 aromatic carbocycles. The molecular weight excluding hydrogens is 494 g/mol. The molecule has 0 aromatic heterocycles. The maximum atomic E-state index is 13.7. The van der Waals surface area contributed by atoms with E-state index in [9.17, 15) is 13.2 Å². The lowest BCUT2D eigenvalue weighted by Crippen LogP contribution is -2.41. The number of unbranched alkanes of at least 4 members (excludes halogenated alkanes) is 4. The van der Waals surface area contributed by atoms with Crippen LogP contribution >= 0.6 is 0 Å². The molecule has 0 heterocycles. The topological polar surface area (TPSA) is 83.7 Å². The quantitative estimate of drug-likeness (QED) is 0.236. The molecule has 0 unspecified atom stereocenters. The summed E-state index contributed by atoms with van der Waals surface area (Å²) < 4.78 is 23.2. The third-order valence-corrected chi connectivity index (χ3v) is 7.91. The zero-order chi connectivity index (χ0) is 27.4. The molecular formula is C31H43N3O3S. The van der Waals surface area contributed by atoms with Gasteiger partial charge in [0.05, 0.1) is 11.4 Å². The minimum absolute atomic E-state index is 0.0974. The first-order valence-electron chi connectivity index (χ1n) is 13.9. The Morgan fingerprint density at radius 2 is 1.37 bits per heavy atom. The van der Waals surface area contributed by atoms with Gasteiger partial charge in [-0.3, -0.25) is 9.69 Å². The average molecular weight is 538 g/mol. The molecule has 0 aliphatic heterocycles. The highest BCUT2D eigenvalue weighted by atomic mass is 32.2. The molecule has 1 amide bonds. The molecule has 0 aliphatic rings. The van der Waals surface area contributed by atoms with Crippen LogP contribution in [0.2, 0.25) is 0 Å². The number of carbonyl (C=O) groups is 1. The standard InChI is InChI=1S/C31H43N3O3S/c1-3-5-9-20-33(21-10-6-4-2)25-31(35)34(22-19-26-14-17-30(18-15-26)38(32,36)37)24-27-13-16-28-11-7-8-12-29(28)23-27/h7-8,11-18,23H,3-6,9-10,19-22,24-25H2,1-2H3,(H2,32,36,37). The van der Waals surface area contributed by atoms with E-state index in [-0.39, 0.29) is 10.8 Å².